The van der Waals surface area contributed by atoms with Crippen molar-refractivity contribution in [3.63, 3.8) is 0 Å². The summed E-state index contributed by atoms with van der Waals surface area (Å²) in [5, 5.41) is 8.91. The molecule has 7 nitrogen and oxygen atoms in total. The van der Waals surface area contributed by atoms with Crippen molar-refractivity contribution in [2.24, 2.45) is 0 Å². The van der Waals surface area contributed by atoms with Gasteiger partial charge in [-0.05, 0) is 50.4 Å². The number of furan rings is 1. The van der Waals surface area contributed by atoms with Crippen LogP contribution in [-0.2, 0) is 0 Å². The number of nitrogens with zero attached hydrogens (tertiary/aromatic N) is 4. The molecule has 4 aromatic heterocycles. The molecule has 0 bridgehead atoms. The van der Waals surface area contributed by atoms with Gasteiger partial charge in [0.25, 0.3) is 5.91 Å². The van der Waals surface area contributed by atoms with Gasteiger partial charge in [-0.2, -0.15) is 5.10 Å². The molecule has 4 aromatic rings. The van der Waals surface area contributed by atoms with Crippen LogP contribution in [0.25, 0.3) is 22.5 Å². The van der Waals surface area contributed by atoms with E-state index in [0.29, 0.717) is 33.7 Å². The Hall–Kier alpha value is -3.13. The summed E-state index contributed by atoms with van der Waals surface area (Å²) in [5.41, 5.74) is 2.34. The number of rotatable bonds is 5. The summed E-state index contributed by atoms with van der Waals surface area (Å²) in [6.07, 6.45) is 6.86. The van der Waals surface area contributed by atoms with Gasteiger partial charge >= 0.3 is 0 Å². The highest BCUT2D eigenvalue weighted by atomic mass is 32.2. The molecule has 8 heteroatoms. The smallest absolute Gasteiger partial charge is 0.256 e. The quantitative estimate of drug-likeness (QED) is 0.497. The largest absolute Gasteiger partial charge is 0.463 e. The Balaban J connectivity index is 1.78. The first kappa shape index (κ1) is 18.2. The van der Waals surface area contributed by atoms with E-state index in [1.165, 1.54) is 0 Å². The van der Waals surface area contributed by atoms with E-state index in [-0.39, 0.29) is 11.9 Å². The molecule has 0 saturated carbocycles. The van der Waals surface area contributed by atoms with Gasteiger partial charge in [-0.15, -0.1) is 11.8 Å². The average molecular weight is 393 g/mol. The number of hydrogen-bond donors (Lipinski definition) is 1. The van der Waals surface area contributed by atoms with Gasteiger partial charge in [0.2, 0.25) is 0 Å². The molecule has 0 saturated heterocycles. The molecule has 0 aliphatic rings. The molecule has 0 aromatic carbocycles. The fraction of sp³-hybridized carbons (Fsp3) is 0.200. The molecule has 0 aliphatic heterocycles. The highest BCUT2D eigenvalue weighted by Gasteiger charge is 2.19. The van der Waals surface area contributed by atoms with Crippen LogP contribution in [0.15, 0.2) is 58.4 Å². The zero-order valence-electron chi connectivity index (χ0n) is 15.7. The minimum Gasteiger partial charge on any atom is -0.463 e. The van der Waals surface area contributed by atoms with Gasteiger partial charge in [0.15, 0.2) is 11.4 Å². The number of aromatic nitrogens is 4. The zero-order valence-corrected chi connectivity index (χ0v) is 16.5. The standard InChI is InChI=1S/C20H19N5O2S/c1-12(2)25-19-15(11-22-25)14(9-16(24-19)17-5-4-8-27-17)20(26)23-13-6-7-18(28-3)21-10-13/h4-12H,1-3H3,(H,23,26). The van der Waals surface area contributed by atoms with E-state index in [4.69, 9.17) is 4.42 Å². The summed E-state index contributed by atoms with van der Waals surface area (Å²) in [6, 6.07) is 9.15. The van der Waals surface area contributed by atoms with Crippen molar-refractivity contribution >= 4 is 34.4 Å². The first-order chi connectivity index (χ1) is 13.6. The Morgan fingerprint density at radius 1 is 1.25 bits per heavy atom. The first-order valence-electron chi connectivity index (χ1n) is 8.80. The third-order valence-corrected chi connectivity index (χ3v) is 4.94. The van der Waals surface area contributed by atoms with Crippen LogP contribution >= 0.6 is 11.8 Å². The average Bonchev–Trinajstić information content (AvgIpc) is 3.37. The number of thioether (sulfide) groups is 1. The van der Waals surface area contributed by atoms with Crippen molar-refractivity contribution in [2.75, 3.05) is 11.6 Å². The fourth-order valence-electron chi connectivity index (χ4n) is 2.91. The number of hydrogen-bond acceptors (Lipinski definition) is 6. The Morgan fingerprint density at radius 3 is 2.75 bits per heavy atom. The number of amides is 1. The van der Waals surface area contributed by atoms with Crippen LogP contribution in [0, 0.1) is 0 Å². The lowest BCUT2D eigenvalue weighted by Crippen LogP contribution is -2.13. The summed E-state index contributed by atoms with van der Waals surface area (Å²) in [5.74, 6) is 0.348. The molecular formula is C20H19N5O2S. The molecule has 1 amide bonds. The van der Waals surface area contributed by atoms with Crippen LogP contribution in [-0.4, -0.2) is 31.9 Å². The van der Waals surface area contributed by atoms with Gasteiger partial charge in [0.1, 0.15) is 5.69 Å². The highest BCUT2D eigenvalue weighted by molar-refractivity contribution is 7.98. The third-order valence-electron chi connectivity index (χ3n) is 4.28. The maximum atomic E-state index is 13.0. The maximum absolute atomic E-state index is 13.0. The van der Waals surface area contributed by atoms with Crippen molar-refractivity contribution in [3.05, 3.63) is 54.6 Å². The monoisotopic (exact) mass is 393 g/mol. The maximum Gasteiger partial charge on any atom is 0.256 e. The molecule has 0 spiro atoms. The predicted octanol–water partition coefficient (Wildman–Crippen LogP) is 4.64. The molecule has 1 N–H and O–H groups in total. The number of nitrogens with one attached hydrogen (secondary N) is 1. The fourth-order valence-corrected chi connectivity index (χ4v) is 3.27. The van der Waals surface area contributed by atoms with Gasteiger partial charge < -0.3 is 9.73 Å². The van der Waals surface area contributed by atoms with Crippen molar-refractivity contribution in [2.45, 2.75) is 24.9 Å². The van der Waals surface area contributed by atoms with E-state index in [2.05, 4.69) is 20.4 Å². The van der Waals surface area contributed by atoms with Crippen molar-refractivity contribution in [1.29, 1.82) is 0 Å². The summed E-state index contributed by atoms with van der Waals surface area (Å²) in [6.45, 7) is 4.04. The van der Waals surface area contributed by atoms with Crippen LogP contribution in [0.1, 0.15) is 30.2 Å². The Morgan fingerprint density at radius 2 is 2.11 bits per heavy atom. The lowest BCUT2D eigenvalue weighted by Gasteiger charge is -2.10. The molecule has 4 heterocycles. The van der Waals surface area contributed by atoms with Gasteiger partial charge in [0.05, 0.1) is 40.3 Å². The molecule has 0 aliphatic carbocycles. The minimum absolute atomic E-state index is 0.107. The predicted molar refractivity (Wildman–Crippen MR) is 110 cm³/mol. The summed E-state index contributed by atoms with van der Waals surface area (Å²) in [7, 11) is 0. The van der Waals surface area contributed by atoms with E-state index in [9.17, 15) is 4.79 Å². The van der Waals surface area contributed by atoms with E-state index in [1.54, 1.807) is 47.2 Å². The lowest BCUT2D eigenvalue weighted by molar-refractivity contribution is 0.102. The minimum atomic E-state index is -0.248. The first-order valence-corrected chi connectivity index (χ1v) is 10.0. The van der Waals surface area contributed by atoms with Crippen LogP contribution in [0.2, 0.25) is 0 Å². The van der Waals surface area contributed by atoms with Crippen molar-refractivity contribution in [3.8, 4) is 11.5 Å². The van der Waals surface area contributed by atoms with Crippen molar-refractivity contribution in [1.82, 2.24) is 19.7 Å². The summed E-state index contributed by atoms with van der Waals surface area (Å²) in [4.78, 5) is 22.0. The second-order valence-electron chi connectivity index (χ2n) is 6.50. The van der Waals surface area contributed by atoms with Gasteiger partial charge in [0, 0.05) is 6.04 Å². The Labute approximate surface area is 166 Å². The van der Waals surface area contributed by atoms with Crippen LogP contribution < -0.4 is 5.32 Å². The van der Waals surface area contributed by atoms with E-state index in [1.807, 2.05) is 38.3 Å². The lowest BCUT2D eigenvalue weighted by atomic mass is 10.1. The summed E-state index contributed by atoms with van der Waals surface area (Å²) >= 11 is 1.55. The second kappa shape index (κ2) is 7.47. The SMILES string of the molecule is CSc1ccc(NC(=O)c2cc(-c3ccco3)nc3c2cnn3C(C)C)cn1. The van der Waals surface area contributed by atoms with E-state index >= 15 is 0 Å². The Kier molecular flexibility index (Phi) is 4.87. The van der Waals surface area contributed by atoms with E-state index in [0.717, 1.165) is 5.03 Å². The topological polar surface area (TPSA) is 85.8 Å². The van der Waals surface area contributed by atoms with Gasteiger partial charge in [-0.1, -0.05) is 0 Å². The van der Waals surface area contributed by atoms with Crippen LogP contribution in [0.4, 0.5) is 5.69 Å². The molecule has 142 valence electrons. The van der Waals surface area contributed by atoms with Crippen LogP contribution in [0.3, 0.4) is 0 Å². The summed E-state index contributed by atoms with van der Waals surface area (Å²) < 4.78 is 7.29. The molecule has 0 fully saturated rings. The number of anilines is 1. The second-order valence-corrected chi connectivity index (χ2v) is 7.32. The molecule has 0 atom stereocenters. The van der Waals surface area contributed by atoms with Gasteiger partial charge in [-0.25, -0.2) is 14.6 Å². The van der Waals surface area contributed by atoms with Crippen LogP contribution in [0.5, 0.6) is 0 Å². The number of fused-ring (bicyclic) bond motifs is 1. The number of carbonyl (C=O) groups excluding carboxylic acids is 1. The third kappa shape index (κ3) is 3.38. The molecule has 0 radical (unpaired) electrons. The van der Waals surface area contributed by atoms with Gasteiger partial charge in [-0.3, -0.25) is 4.79 Å². The Bertz CT molecular complexity index is 1120. The molecular weight excluding hydrogens is 374 g/mol. The molecule has 4 rings (SSSR count). The number of pyridine rings is 2. The number of carbonyl (C=O) groups is 1. The van der Waals surface area contributed by atoms with E-state index < -0.39 is 0 Å². The van der Waals surface area contributed by atoms with Crippen molar-refractivity contribution < 1.29 is 9.21 Å². The molecule has 0 unspecified atom stereocenters. The highest BCUT2D eigenvalue weighted by Crippen LogP contribution is 2.27. The zero-order chi connectivity index (χ0) is 19.7. The molecule has 28 heavy (non-hydrogen) atoms. The normalized spacial score (nSPS) is 11.3.